The van der Waals surface area contributed by atoms with Gasteiger partial charge in [0.15, 0.2) is 0 Å². The third kappa shape index (κ3) is 6.61. The summed E-state index contributed by atoms with van der Waals surface area (Å²) < 4.78 is 10.3. The molecule has 1 N–H and O–H groups in total. The van der Waals surface area contributed by atoms with E-state index in [2.05, 4.69) is 5.32 Å². The normalized spacial score (nSPS) is 11.8. The van der Waals surface area contributed by atoms with E-state index < -0.39 is 18.1 Å². The molecule has 5 heteroatoms. The molecule has 0 aromatic heterocycles. The number of hydrogen-bond donors (Lipinski definition) is 1. The second-order valence-corrected chi connectivity index (χ2v) is 5.45. The number of carbonyl (C=O) groups is 2. The Morgan fingerprint density at radius 2 is 1.82 bits per heavy atom. The van der Waals surface area contributed by atoms with Gasteiger partial charge in [-0.1, -0.05) is 57.5 Å². The van der Waals surface area contributed by atoms with Crippen LogP contribution in [0, 0.1) is 5.92 Å². The van der Waals surface area contributed by atoms with Crippen LogP contribution < -0.4 is 5.32 Å². The number of esters is 1. The van der Waals surface area contributed by atoms with Crippen LogP contribution >= 0.6 is 0 Å². The van der Waals surface area contributed by atoms with Gasteiger partial charge < -0.3 is 14.8 Å². The van der Waals surface area contributed by atoms with E-state index in [9.17, 15) is 9.59 Å². The summed E-state index contributed by atoms with van der Waals surface area (Å²) >= 11 is 0. The van der Waals surface area contributed by atoms with Gasteiger partial charge >= 0.3 is 12.1 Å². The van der Waals surface area contributed by atoms with E-state index in [-0.39, 0.29) is 12.5 Å². The van der Waals surface area contributed by atoms with E-state index in [1.165, 1.54) is 0 Å². The average Bonchev–Trinajstić information content (AvgIpc) is 2.51. The van der Waals surface area contributed by atoms with Gasteiger partial charge in [0.25, 0.3) is 0 Å². The van der Waals surface area contributed by atoms with Gasteiger partial charge in [-0.15, -0.1) is 0 Å². The highest BCUT2D eigenvalue weighted by Gasteiger charge is 2.26. The summed E-state index contributed by atoms with van der Waals surface area (Å²) in [5.74, 6) is -0.487. The number of ether oxygens (including phenoxy) is 2. The predicted octanol–water partition coefficient (Wildman–Crippen LogP) is 3.28. The Hall–Kier alpha value is -2.04. The molecule has 0 aliphatic carbocycles. The largest absolute Gasteiger partial charge is 0.464 e. The molecule has 1 aromatic carbocycles. The number of carbonyl (C=O) groups excluding carboxylic acids is 2. The minimum atomic E-state index is -0.694. The highest BCUT2D eigenvalue weighted by atomic mass is 16.6. The number of alkyl carbamates (subject to hydrolysis) is 1. The number of amides is 1. The Morgan fingerprint density at radius 1 is 1.14 bits per heavy atom. The molecular formula is C17H25NO4. The molecule has 1 rings (SSSR count). The zero-order chi connectivity index (χ0) is 16.4. The minimum Gasteiger partial charge on any atom is -0.464 e. The lowest BCUT2D eigenvalue weighted by Gasteiger charge is -2.20. The van der Waals surface area contributed by atoms with Crippen molar-refractivity contribution in [1.29, 1.82) is 0 Å². The van der Waals surface area contributed by atoms with Gasteiger partial charge in [-0.3, -0.25) is 0 Å². The molecule has 0 aliphatic rings. The SMILES string of the molecule is CCCCOC(=O)C(NC(=O)OCc1ccccc1)C(C)C. The summed E-state index contributed by atoms with van der Waals surface area (Å²) in [6.45, 7) is 6.26. The summed E-state index contributed by atoms with van der Waals surface area (Å²) in [6.07, 6.45) is 1.15. The third-order valence-electron chi connectivity index (χ3n) is 3.15. The predicted molar refractivity (Wildman–Crippen MR) is 84.3 cm³/mol. The fraction of sp³-hybridized carbons (Fsp3) is 0.529. The zero-order valence-corrected chi connectivity index (χ0v) is 13.5. The van der Waals surface area contributed by atoms with E-state index in [1.807, 2.05) is 51.1 Å². The number of nitrogens with one attached hydrogen (secondary N) is 1. The highest BCUT2D eigenvalue weighted by molar-refractivity contribution is 5.81. The lowest BCUT2D eigenvalue weighted by Crippen LogP contribution is -2.45. The van der Waals surface area contributed by atoms with Crippen LogP contribution in [0.3, 0.4) is 0 Å². The van der Waals surface area contributed by atoms with Crippen LogP contribution in [0.25, 0.3) is 0 Å². The first-order chi connectivity index (χ1) is 10.5. The van der Waals surface area contributed by atoms with Crippen LogP contribution in [0.1, 0.15) is 39.2 Å². The van der Waals surface area contributed by atoms with Crippen molar-refractivity contribution in [2.24, 2.45) is 5.92 Å². The van der Waals surface area contributed by atoms with Crippen LogP contribution in [0.2, 0.25) is 0 Å². The van der Waals surface area contributed by atoms with Crippen molar-refractivity contribution in [2.75, 3.05) is 6.61 Å². The molecule has 0 spiro atoms. The van der Waals surface area contributed by atoms with Crippen LogP contribution in [0.15, 0.2) is 30.3 Å². The van der Waals surface area contributed by atoms with Crippen LogP contribution in [0.5, 0.6) is 0 Å². The maximum atomic E-state index is 12.0. The molecule has 0 radical (unpaired) electrons. The zero-order valence-electron chi connectivity index (χ0n) is 13.5. The third-order valence-corrected chi connectivity index (χ3v) is 3.15. The van der Waals surface area contributed by atoms with Crippen molar-refractivity contribution in [3.05, 3.63) is 35.9 Å². The average molecular weight is 307 g/mol. The molecule has 0 bridgehead atoms. The van der Waals surface area contributed by atoms with Crippen molar-refractivity contribution in [3.63, 3.8) is 0 Å². The summed E-state index contributed by atoms with van der Waals surface area (Å²) in [5.41, 5.74) is 0.893. The van der Waals surface area contributed by atoms with Gasteiger partial charge in [-0.05, 0) is 17.9 Å². The molecule has 0 saturated heterocycles. The van der Waals surface area contributed by atoms with Crippen molar-refractivity contribution < 1.29 is 19.1 Å². The van der Waals surface area contributed by atoms with E-state index in [0.29, 0.717) is 6.61 Å². The Balaban J connectivity index is 2.44. The first-order valence-corrected chi connectivity index (χ1v) is 7.68. The van der Waals surface area contributed by atoms with Gasteiger partial charge in [0.05, 0.1) is 6.61 Å². The first-order valence-electron chi connectivity index (χ1n) is 7.68. The maximum absolute atomic E-state index is 12.0. The molecule has 1 aromatic rings. The molecule has 0 fully saturated rings. The quantitative estimate of drug-likeness (QED) is 0.591. The van der Waals surface area contributed by atoms with Crippen LogP contribution in [-0.4, -0.2) is 24.7 Å². The van der Waals surface area contributed by atoms with Crippen LogP contribution in [0.4, 0.5) is 4.79 Å². The van der Waals surface area contributed by atoms with Crippen molar-refractivity contribution in [1.82, 2.24) is 5.32 Å². The molecule has 5 nitrogen and oxygen atoms in total. The van der Waals surface area contributed by atoms with Gasteiger partial charge in [0, 0.05) is 0 Å². The monoisotopic (exact) mass is 307 g/mol. The molecule has 1 amide bonds. The van der Waals surface area contributed by atoms with Gasteiger partial charge in [-0.2, -0.15) is 0 Å². The second kappa shape index (κ2) is 9.82. The van der Waals surface area contributed by atoms with Crippen molar-refractivity contribution in [3.8, 4) is 0 Å². The van der Waals surface area contributed by atoms with E-state index in [0.717, 1.165) is 18.4 Å². The Labute approximate surface area is 132 Å². The van der Waals surface area contributed by atoms with Crippen molar-refractivity contribution >= 4 is 12.1 Å². The standard InChI is InChI=1S/C17H25NO4/c1-4-5-11-21-16(19)15(13(2)3)18-17(20)22-12-14-9-7-6-8-10-14/h6-10,13,15H,4-5,11-12H2,1-3H3,(H,18,20). The minimum absolute atomic E-state index is 0.0709. The molecule has 22 heavy (non-hydrogen) atoms. The number of unbranched alkanes of at least 4 members (excludes halogenated alkanes) is 1. The lowest BCUT2D eigenvalue weighted by molar-refractivity contribution is -0.147. The molecule has 1 atom stereocenters. The van der Waals surface area contributed by atoms with Crippen LogP contribution in [-0.2, 0) is 20.9 Å². The smallest absolute Gasteiger partial charge is 0.408 e. The number of rotatable bonds is 8. The second-order valence-electron chi connectivity index (χ2n) is 5.45. The first kappa shape index (κ1) is 18.0. The van der Waals surface area contributed by atoms with Crippen molar-refractivity contribution in [2.45, 2.75) is 46.3 Å². The van der Waals surface area contributed by atoms with E-state index in [1.54, 1.807) is 0 Å². The maximum Gasteiger partial charge on any atom is 0.408 e. The Bertz CT molecular complexity index is 459. The molecule has 1 unspecified atom stereocenters. The lowest BCUT2D eigenvalue weighted by atomic mass is 10.1. The molecule has 0 saturated carbocycles. The summed E-state index contributed by atoms with van der Waals surface area (Å²) in [4.78, 5) is 23.8. The van der Waals surface area contributed by atoms with E-state index >= 15 is 0 Å². The highest BCUT2D eigenvalue weighted by Crippen LogP contribution is 2.06. The topological polar surface area (TPSA) is 64.6 Å². The van der Waals surface area contributed by atoms with Gasteiger partial charge in [0.2, 0.25) is 0 Å². The Morgan fingerprint density at radius 3 is 2.41 bits per heavy atom. The molecule has 0 heterocycles. The van der Waals surface area contributed by atoms with Gasteiger partial charge in [-0.25, -0.2) is 9.59 Å². The fourth-order valence-electron chi connectivity index (χ4n) is 1.80. The fourth-order valence-corrected chi connectivity index (χ4v) is 1.80. The number of benzene rings is 1. The van der Waals surface area contributed by atoms with E-state index in [4.69, 9.17) is 9.47 Å². The summed E-state index contributed by atoms with van der Waals surface area (Å²) in [6, 6.07) is 8.68. The Kier molecular flexibility index (Phi) is 8.04. The summed E-state index contributed by atoms with van der Waals surface area (Å²) in [5, 5.41) is 2.58. The van der Waals surface area contributed by atoms with Gasteiger partial charge in [0.1, 0.15) is 12.6 Å². The molecule has 0 aliphatic heterocycles. The molecule has 122 valence electrons. The molecular weight excluding hydrogens is 282 g/mol. The summed E-state index contributed by atoms with van der Waals surface area (Å²) in [7, 11) is 0. The number of hydrogen-bond acceptors (Lipinski definition) is 4.